The number of amides is 1. The summed E-state index contributed by atoms with van der Waals surface area (Å²) in [4.78, 5) is 20.4. The minimum Gasteiger partial charge on any atom is -0.360 e. The Bertz CT molecular complexity index is 849. The summed E-state index contributed by atoms with van der Waals surface area (Å²) in [6.07, 6.45) is 1.48. The average Bonchev–Trinajstić information content (AvgIpc) is 2.95. The van der Waals surface area contributed by atoms with Crippen molar-refractivity contribution >= 4 is 35.0 Å². The molecule has 8 heteroatoms. The van der Waals surface area contributed by atoms with Crippen molar-refractivity contribution in [2.45, 2.75) is 6.92 Å². The van der Waals surface area contributed by atoms with Crippen LogP contribution >= 0.6 is 11.6 Å². The number of aryl methyl sites for hydroxylation is 1. The summed E-state index contributed by atoms with van der Waals surface area (Å²) in [5, 5.41) is 9.79. The fraction of sp³-hybridized carbons (Fsp3) is 0.0667. The standard InChI is InChI=1S/C15H12ClN5O2/c1-9-8-13(21-23-9)20-14(22)12-6-7-17-15(19-12)18-11-5-3-2-4-10(11)16/h2-8H,1H3,(H,17,18,19)(H,20,21,22). The number of halogens is 1. The Morgan fingerprint density at radius 3 is 2.83 bits per heavy atom. The van der Waals surface area contributed by atoms with Crippen LogP contribution in [0.1, 0.15) is 16.2 Å². The Labute approximate surface area is 136 Å². The number of benzene rings is 1. The van der Waals surface area contributed by atoms with Crippen LogP contribution in [-0.4, -0.2) is 21.0 Å². The molecule has 2 N–H and O–H groups in total. The molecule has 2 aromatic heterocycles. The van der Waals surface area contributed by atoms with Gasteiger partial charge in [-0.2, -0.15) is 0 Å². The summed E-state index contributed by atoms with van der Waals surface area (Å²) in [5.41, 5.74) is 0.842. The third kappa shape index (κ3) is 3.64. The van der Waals surface area contributed by atoms with Crippen molar-refractivity contribution in [2.24, 2.45) is 0 Å². The molecule has 7 nitrogen and oxygen atoms in total. The molecule has 0 saturated heterocycles. The molecule has 0 spiro atoms. The molecule has 3 rings (SSSR count). The Kier molecular flexibility index (Phi) is 4.20. The van der Waals surface area contributed by atoms with E-state index >= 15 is 0 Å². The van der Waals surface area contributed by atoms with E-state index in [4.69, 9.17) is 16.1 Å². The zero-order valence-electron chi connectivity index (χ0n) is 12.1. The van der Waals surface area contributed by atoms with E-state index in [1.807, 2.05) is 12.1 Å². The minimum atomic E-state index is -0.414. The summed E-state index contributed by atoms with van der Waals surface area (Å²) in [5.74, 6) is 0.778. The van der Waals surface area contributed by atoms with Gasteiger partial charge in [-0.05, 0) is 25.1 Å². The zero-order chi connectivity index (χ0) is 16.2. The number of hydrogen-bond acceptors (Lipinski definition) is 6. The number of rotatable bonds is 4. The van der Waals surface area contributed by atoms with Crippen molar-refractivity contribution in [1.82, 2.24) is 15.1 Å². The first kappa shape index (κ1) is 15.0. The van der Waals surface area contributed by atoms with Crippen LogP contribution in [0.25, 0.3) is 0 Å². The van der Waals surface area contributed by atoms with Crippen LogP contribution in [-0.2, 0) is 0 Å². The Morgan fingerprint density at radius 1 is 1.26 bits per heavy atom. The predicted molar refractivity (Wildman–Crippen MR) is 86.0 cm³/mol. The molecule has 0 aliphatic carbocycles. The van der Waals surface area contributed by atoms with Gasteiger partial charge in [0.25, 0.3) is 5.91 Å². The van der Waals surface area contributed by atoms with E-state index in [2.05, 4.69) is 25.8 Å². The van der Waals surface area contributed by atoms with Gasteiger partial charge in [0, 0.05) is 12.3 Å². The normalized spacial score (nSPS) is 10.3. The van der Waals surface area contributed by atoms with Gasteiger partial charge in [-0.25, -0.2) is 9.97 Å². The maximum atomic E-state index is 12.2. The molecular weight excluding hydrogens is 318 g/mol. The maximum Gasteiger partial charge on any atom is 0.275 e. The molecule has 0 unspecified atom stereocenters. The lowest BCUT2D eigenvalue weighted by atomic mass is 10.3. The second-order valence-electron chi connectivity index (χ2n) is 4.65. The van der Waals surface area contributed by atoms with Crippen LogP contribution in [0.15, 0.2) is 47.1 Å². The van der Waals surface area contributed by atoms with Crippen molar-refractivity contribution in [3.05, 3.63) is 59.1 Å². The molecule has 0 aliphatic rings. The fourth-order valence-electron chi connectivity index (χ4n) is 1.83. The number of aromatic nitrogens is 3. The fourth-order valence-corrected chi connectivity index (χ4v) is 2.02. The first-order valence-electron chi connectivity index (χ1n) is 6.71. The average molecular weight is 330 g/mol. The molecule has 0 bridgehead atoms. The maximum absolute atomic E-state index is 12.2. The summed E-state index contributed by atoms with van der Waals surface area (Å²) in [6, 6.07) is 10.3. The highest BCUT2D eigenvalue weighted by molar-refractivity contribution is 6.33. The molecule has 23 heavy (non-hydrogen) atoms. The molecule has 2 heterocycles. The second kappa shape index (κ2) is 6.45. The third-order valence-corrected chi connectivity index (χ3v) is 3.21. The van der Waals surface area contributed by atoms with Crippen LogP contribution in [0.4, 0.5) is 17.5 Å². The molecule has 0 atom stereocenters. The van der Waals surface area contributed by atoms with Gasteiger partial charge in [-0.3, -0.25) is 4.79 Å². The quantitative estimate of drug-likeness (QED) is 0.761. The van der Waals surface area contributed by atoms with Crippen molar-refractivity contribution in [3.8, 4) is 0 Å². The molecule has 0 radical (unpaired) electrons. The number of anilines is 3. The van der Waals surface area contributed by atoms with Crippen molar-refractivity contribution < 1.29 is 9.32 Å². The molecular formula is C15H12ClN5O2. The highest BCUT2D eigenvalue weighted by Gasteiger charge is 2.12. The lowest BCUT2D eigenvalue weighted by Crippen LogP contribution is -2.15. The van der Waals surface area contributed by atoms with E-state index in [0.717, 1.165) is 0 Å². The molecule has 0 fully saturated rings. The number of hydrogen-bond donors (Lipinski definition) is 2. The molecule has 0 saturated carbocycles. The molecule has 1 amide bonds. The van der Waals surface area contributed by atoms with Crippen LogP contribution in [0.5, 0.6) is 0 Å². The molecule has 116 valence electrons. The lowest BCUT2D eigenvalue weighted by molar-refractivity contribution is 0.102. The molecule has 0 aliphatic heterocycles. The van der Waals surface area contributed by atoms with Gasteiger partial charge < -0.3 is 15.2 Å². The first-order valence-corrected chi connectivity index (χ1v) is 7.09. The minimum absolute atomic E-state index is 0.190. The lowest BCUT2D eigenvalue weighted by Gasteiger charge is -2.07. The zero-order valence-corrected chi connectivity index (χ0v) is 12.8. The van der Waals surface area contributed by atoms with Crippen molar-refractivity contribution in [3.63, 3.8) is 0 Å². The van der Waals surface area contributed by atoms with E-state index in [0.29, 0.717) is 22.3 Å². The van der Waals surface area contributed by atoms with Crippen LogP contribution in [0.2, 0.25) is 5.02 Å². The number of carbonyl (C=O) groups is 1. The topological polar surface area (TPSA) is 92.9 Å². The van der Waals surface area contributed by atoms with E-state index in [1.165, 1.54) is 12.3 Å². The third-order valence-electron chi connectivity index (χ3n) is 2.88. The van der Waals surface area contributed by atoms with Crippen LogP contribution in [0.3, 0.4) is 0 Å². The second-order valence-corrected chi connectivity index (χ2v) is 5.05. The predicted octanol–water partition coefficient (Wildman–Crippen LogP) is 3.42. The van der Waals surface area contributed by atoms with Gasteiger partial charge in [0.1, 0.15) is 11.5 Å². The molecule has 3 aromatic rings. The van der Waals surface area contributed by atoms with Gasteiger partial charge in [0.15, 0.2) is 5.82 Å². The van der Waals surface area contributed by atoms with Gasteiger partial charge in [0.2, 0.25) is 5.95 Å². The van der Waals surface area contributed by atoms with Crippen molar-refractivity contribution in [2.75, 3.05) is 10.6 Å². The summed E-state index contributed by atoms with van der Waals surface area (Å²) in [7, 11) is 0. The highest BCUT2D eigenvalue weighted by Crippen LogP contribution is 2.23. The van der Waals surface area contributed by atoms with Crippen LogP contribution in [0, 0.1) is 6.92 Å². The van der Waals surface area contributed by atoms with Crippen LogP contribution < -0.4 is 10.6 Å². The highest BCUT2D eigenvalue weighted by atomic mass is 35.5. The number of para-hydroxylation sites is 1. The van der Waals surface area contributed by atoms with E-state index in [9.17, 15) is 4.79 Å². The van der Waals surface area contributed by atoms with Gasteiger partial charge in [-0.1, -0.05) is 28.9 Å². The Morgan fingerprint density at radius 2 is 2.09 bits per heavy atom. The van der Waals surface area contributed by atoms with E-state index in [1.54, 1.807) is 25.1 Å². The van der Waals surface area contributed by atoms with E-state index < -0.39 is 5.91 Å². The first-order chi connectivity index (χ1) is 11.1. The largest absolute Gasteiger partial charge is 0.360 e. The van der Waals surface area contributed by atoms with Gasteiger partial charge in [-0.15, -0.1) is 0 Å². The summed E-state index contributed by atoms with van der Waals surface area (Å²) < 4.78 is 4.89. The Hall–Kier alpha value is -2.93. The molecule has 1 aromatic carbocycles. The van der Waals surface area contributed by atoms with E-state index in [-0.39, 0.29) is 11.6 Å². The summed E-state index contributed by atoms with van der Waals surface area (Å²) in [6.45, 7) is 1.74. The van der Waals surface area contributed by atoms with Gasteiger partial charge in [0.05, 0.1) is 10.7 Å². The smallest absolute Gasteiger partial charge is 0.275 e. The number of carbonyl (C=O) groups excluding carboxylic acids is 1. The monoisotopic (exact) mass is 329 g/mol. The van der Waals surface area contributed by atoms with Gasteiger partial charge >= 0.3 is 0 Å². The summed E-state index contributed by atoms with van der Waals surface area (Å²) >= 11 is 6.07. The number of nitrogens with one attached hydrogen (secondary N) is 2. The number of nitrogens with zero attached hydrogens (tertiary/aromatic N) is 3. The van der Waals surface area contributed by atoms with Crippen molar-refractivity contribution in [1.29, 1.82) is 0 Å². The SMILES string of the molecule is Cc1cc(NC(=O)c2ccnc(Nc3ccccc3Cl)n2)no1. The Balaban J connectivity index is 1.77.